The third-order valence-electron chi connectivity index (χ3n) is 2.20. The zero-order valence-electron chi connectivity index (χ0n) is 8.28. The molecular formula is C10H9N3O3. The van der Waals surface area contributed by atoms with Gasteiger partial charge in [0, 0.05) is 30.2 Å². The summed E-state index contributed by atoms with van der Waals surface area (Å²) in [7, 11) is 0. The number of hydrogen-bond donors (Lipinski definition) is 1. The Balaban J connectivity index is 2.38. The van der Waals surface area contributed by atoms with E-state index >= 15 is 0 Å². The highest BCUT2D eigenvalue weighted by Crippen LogP contribution is 2.16. The van der Waals surface area contributed by atoms with Gasteiger partial charge in [-0.25, -0.2) is 4.98 Å². The first-order chi connectivity index (χ1) is 7.72. The van der Waals surface area contributed by atoms with Gasteiger partial charge in [0.05, 0.1) is 4.92 Å². The van der Waals surface area contributed by atoms with Gasteiger partial charge in [0.25, 0.3) is 5.69 Å². The van der Waals surface area contributed by atoms with Crippen LogP contribution in [0.4, 0.5) is 5.69 Å². The third-order valence-corrected chi connectivity index (χ3v) is 2.20. The SMILES string of the molecule is O=[N+]([O-])c1ccc(-n2ccnc2CO)cc1. The third kappa shape index (κ3) is 1.78. The minimum Gasteiger partial charge on any atom is -0.388 e. The van der Waals surface area contributed by atoms with E-state index < -0.39 is 4.92 Å². The normalized spacial score (nSPS) is 10.3. The Morgan fingerprint density at radius 1 is 1.38 bits per heavy atom. The summed E-state index contributed by atoms with van der Waals surface area (Å²) in [5, 5.41) is 19.5. The molecule has 0 aliphatic heterocycles. The van der Waals surface area contributed by atoms with Crippen LogP contribution in [0.25, 0.3) is 5.69 Å². The van der Waals surface area contributed by atoms with Crippen molar-refractivity contribution < 1.29 is 10.0 Å². The van der Waals surface area contributed by atoms with E-state index in [1.54, 1.807) is 29.1 Å². The van der Waals surface area contributed by atoms with E-state index in [4.69, 9.17) is 5.11 Å². The molecule has 82 valence electrons. The van der Waals surface area contributed by atoms with Crippen molar-refractivity contribution in [3.63, 3.8) is 0 Å². The Morgan fingerprint density at radius 3 is 2.62 bits per heavy atom. The van der Waals surface area contributed by atoms with Crippen molar-refractivity contribution in [1.82, 2.24) is 9.55 Å². The summed E-state index contributed by atoms with van der Waals surface area (Å²) in [6.45, 7) is -0.177. The number of rotatable bonds is 3. The highest BCUT2D eigenvalue weighted by molar-refractivity contribution is 5.41. The number of benzene rings is 1. The number of aliphatic hydroxyl groups is 1. The molecule has 16 heavy (non-hydrogen) atoms. The number of hydrogen-bond acceptors (Lipinski definition) is 4. The molecule has 0 bridgehead atoms. The second-order valence-corrected chi connectivity index (χ2v) is 3.15. The number of nitro groups is 1. The molecule has 6 heteroatoms. The molecule has 0 saturated carbocycles. The number of aliphatic hydroxyl groups excluding tert-OH is 1. The highest BCUT2D eigenvalue weighted by atomic mass is 16.6. The molecule has 0 amide bonds. The smallest absolute Gasteiger partial charge is 0.269 e. The Morgan fingerprint density at radius 2 is 2.06 bits per heavy atom. The van der Waals surface area contributed by atoms with Crippen LogP contribution in [-0.4, -0.2) is 19.6 Å². The fraction of sp³-hybridized carbons (Fsp3) is 0.100. The zero-order chi connectivity index (χ0) is 11.5. The lowest BCUT2D eigenvalue weighted by Gasteiger charge is -2.04. The second kappa shape index (κ2) is 4.11. The largest absolute Gasteiger partial charge is 0.388 e. The molecule has 1 aromatic heterocycles. The van der Waals surface area contributed by atoms with Crippen LogP contribution in [-0.2, 0) is 6.61 Å². The first-order valence-corrected chi connectivity index (χ1v) is 4.60. The molecule has 2 rings (SSSR count). The molecule has 1 heterocycles. The molecule has 1 N–H and O–H groups in total. The average molecular weight is 219 g/mol. The van der Waals surface area contributed by atoms with Gasteiger partial charge in [-0.3, -0.25) is 10.1 Å². The van der Waals surface area contributed by atoms with Crippen LogP contribution in [0.15, 0.2) is 36.7 Å². The summed E-state index contributed by atoms with van der Waals surface area (Å²) in [5.74, 6) is 0.494. The van der Waals surface area contributed by atoms with E-state index in [-0.39, 0.29) is 12.3 Å². The minimum absolute atomic E-state index is 0.0365. The van der Waals surface area contributed by atoms with E-state index in [1.807, 2.05) is 0 Å². The van der Waals surface area contributed by atoms with Crippen molar-refractivity contribution in [1.29, 1.82) is 0 Å². The van der Waals surface area contributed by atoms with Gasteiger partial charge in [-0.05, 0) is 12.1 Å². The van der Waals surface area contributed by atoms with Gasteiger partial charge in [-0.1, -0.05) is 0 Å². The van der Waals surface area contributed by atoms with Gasteiger partial charge in [0.1, 0.15) is 12.4 Å². The standard InChI is InChI=1S/C10H9N3O3/c14-7-10-11-5-6-12(10)8-1-3-9(4-2-8)13(15)16/h1-6,14H,7H2. The fourth-order valence-electron chi connectivity index (χ4n) is 1.42. The van der Waals surface area contributed by atoms with E-state index in [0.717, 1.165) is 5.69 Å². The summed E-state index contributed by atoms with van der Waals surface area (Å²) in [6.07, 6.45) is 3.25. The van der Waals surface area contributed by atoms with Gasteiger partial charge < -0.3 is 9.67 Å². The van der Waals surface area contributed by atoms with Crippen molar-refractivity contribution in [2.24, 2.45) is 0 Å². The first kappa shape index (κ1) is 10.3. The van der Waals surface area contributed by atoms with Crippen molar-refractivity contribution in [2.45, 2.75) is 6.61 Å². The Bertz CT molecular complexity index is 504. The summed E-state index contributed by atoms with van der Waals surface area (Å²) < 4.78 is 1.67. The number of non-ortho nitro benzene ring substituents is 1. The molecule has 0 aliphatic carbocycles. The van der Waals surface area contributed by atoms with Crippen LogP contribution in [0.1, 0.15) is 5.82 Å². The molecule has 2 aromatic rings. The number of imidazole rings is 1. The fourth-order valence-corrected chi connectivity index (χ4v) is 1.42. The summed E-state index contributed by atoms with van der Waals surface area (Å²) in [6, 6.07) is 6.05. The minimum atomic E-state index is -0.454. The first-order valence-electron chi connectivity index (χ1n) is 4.60. The van der Waals surface area contributed by atoms with E-state index in [9.17, 15) is 10.1 Å². The van der Waals surface area contributed by atoms with E-state index in [2.05, 4.69) is 4.98 Å². The number of nitro benzene ring substituents is 1. The van der Waals surface area contributed by atoms with Crippen LogP contribution in [0.5, 0.6) is 0 Å². The summed E-state index contributed by atoms with van der Waals surface area (Å²) in [4.78, 5) is 14.0. The number of nitrogens with zero attached hydrogens (tertiary/aromatic N) is 3. The molecular weight excluding hydrogens is 210 g/mol. The second-order valence-electron chi connectivity index (χ2n) is 3.15. The molecule has 0 atom stereocenters. The van der Waals surface area contributed by atoms with Crippen molar-refractivity contribution >= 4 is 5.69 Å². The van der Waals surface area contributed by atoms with Gasteiger partial charge in [-0.15, -0.1) is 0 Å². The van der Waals surface area contributed by atoms with Crippen LogP contribution in [0.2, 0.25) is 0 Å². The predicted octanol–water partition coefficient (Wildman–Crippen LogP) is 1.27. The van der Waals surface area contributed by atoms with Gasteiger partial charge in [0.15, 0.2) is 0 Å². The molecule has 1 aromatic carbocycles. The topological polar surface area (TPSA) is 81.2 Å². The lowest BCUT2D eigenvalue weighted by Crippen LogP contribution is -2.00. The van der Waals surface area contributed by atoms with E-state index in [1.165, 1.54) is 12.1 Å². The lowest BCUT2D eigenvalue weighted by molar-refractivity contribution is -0.384. The molecule has 0 saturated heterocycles. The number of aromatic nitrogens is 2. The summed E-state index contributed by atoms with van der Waals surface area (Å²) in [5.41, 5.74) is 0.765. The maximum absolute atomic E-state index is 10.5. The van der Waals surface area contributed by atoms with Gasteiger partial charge >= 0.3 is 0 Å². The van der Waals surface area contributed by atoms with Crippen molar-refractivity contribution in [3.05, 3.63) is 52.6 Å². The van der Waals surface area contributed by atoms with Gasteiger partial charge in [0.2, 0.25) is 0 Å². The Kier molecular flexibility index (Phi) is 2.65. The molecule has 0 radical (unpaired) electrons. The monoisotopic (exact) mass is 219 g/mol. The van der Waals surface area contributed by atoms with Crippen LogP contribution < -0.4 is 0 Å². The highest BCUT2D eigenvalue weighted by Gasteiger charge is 2.07. The van der Waals surface area contributed by atoms with Crippen molar-refractivity contribution in [2.75, 3.05) is 0 Å². The van der Waals surface area contributed by atoms with E-state index in [0.29, 0.717) is 5.82 Å². The molecule has 0 fully saturated rings. The predicted molar refractivity (Wildman–Crippen MR) is 56.1 cm³/mol. The van der Waals surface area contributed by atoms with Crippen LogP contribution >= 0.6 is 0 Å². The maximum Gasteiger partial charge on any atom is 0.269 e. The average Bonchev–Trinajstić information content (AvgIpc) is 2.77. The Labute approximate surface area is 90.9 Å². The Hall–Kier alpha value is -2.21. The molecule has 0 aliphatic rings. The van der Waals surface area contributed by atoms with Crippen LogP contribution in [0, 0.1) is 10.1 Å². The molecule has 6 nitrogen and oxygen atoms in total. The maximum atomic E-state index is 10.5. The quantitative estimate of drug-likeness (QED) is 0.622. The zero-order valence-corrected chi connectivity index (χ0v) is 8.28. The lowest BCUT2D eigenvalue weighted by atomic mass is 10.3. The van der Waals surface area contributed by atoms with Crippen LogP contribution in [0.3, 0.4) is 0 Å². The molecule has 0 unspecified atom stereocenters. The van der Waals surface area contributed by atoms with Gasteiger partial charge in [-0.2, -0.15) is 0 Å². The van der Waals surface area contributed by atoms with Crippen molar-refractivity contribution in [3.8, 4) is 5.69 Å². The summed E-state index contributed by atoms with van der Waals surface area (Å²) >= 11 is 0. The molecule has 0 spiro atoms.